The van der Waals surface area contributed by atoms with Gasteiger partial charge in [0.1, 0.15) is 5.03 Å². The van der Waals surface area contributed by atoms with Crippen LogP contribution in [0, 0.1) is 11.6 Å². The van der Waals surface area contributed by atoms with Crippen LogP contribution >= 0.6 is 23.4 Å². The van der Waals surface area contributed by atoms with Gasteiger partial charge in [0.2, 0.25) is 0 Å². The van der Waals surface area contributed by atoms with E-state index in [0.29, 0.717) is 5.02 Å². The average Bonchev–Trinajstić information content (AvgIpc) is 2.35. The molecule has 0 bridgehead atoms. The Morgan fingerprint density at radius 2 is 1.83 bits per heavy atom. The first-order valence-corrected chi connectivity index (χ1v) is 6.27. The zero-order valence-electron chi connectivity index (χ0n) is 9.38. The van der Waals surface area contributed by atoms with E-state index in [1.54, 1.807) is 24.3 Å². The summed E-state index contributed by atoms with van der Waals surface area (Å²) in [5.41, 5.74) is 0. The highest BCUT2D eigenvalue weighted by molar-refractivity contribution is 7.99. The molecule has 2 nitrogen and oxygen atoms in total. The highest BCUT2D eigenvalue weighted by Crippen LogP contribution is 2.30. The number of benzene rings is 1. The number of halogens is 3. The topological polar surface area (TPSA) is 24.9 Å². The van der Waals surface area contributed by atoms with Gasteiger partial charge in [-0.3, -0.25) is 0 Å². The summed E-state index contributed by atoms with van der Waals surface area (Å²) in [7, 11) is 1.53. The molecular weight excluding hydrogens is 278 g/mol. The van der Waals surface area contributed by atoms with E-state index in [2.05, 4.69) is 10.3 Å². The Labute approximate surface area is 112 Å². The largest absolute Gasteiger partial charge is 0.371 e. The van der Waals surface area contributed by atoms with Crippen molar-refractivity contribution in [2.45, 2.75) is 9.92 Å². The quantitative estimate of drug-likeness (QED) is 0.915. The second kappa shape index (κ2) is 5.54. The van der Waals surface area contributed by atoms with Gasteiger partial charge in [0.15, 0.2) is 17.5 Å². The van der Waals surface area contributed by atoms with Gasteiger partial charge in [-0.1, -0.05) is 23.4 Å². The molecule has 0 saturated heterocycles. The molecule has 2 aromatic rings. The molecule has 1 heterocycles. The van der Waals surface area contributed by atoms with Crippen LogP contribution in [-0.4, -0.2) is 12.0 Å². The first-order chi connectivity index (χ1) is 8.60. The van der Waals surface area contributed by atoms with Crippen molar-refractivity contribution in [1.82, 2.24) is 4.98 Å². The summed E-state index contributed by atoms with van der Waals surface area (Å²) in [5.74, 6) is -1.38. The molecule has 0 aliphatic heterocycles. The lowest BCUT2D eigenvalue weighted by atomic mass is 10.4. The SMILES string of the molecule is CNc1nc(Sc2ccc(Cl)cc2)c(F)cc1F. The predicted molar refractivity (Wildman–Crippen MR) is 69.3 cm³/mol. The summed E-state index contributed by atoms with van der Waals surface area (Å²) in [4.78, 5) is 4.65. The van der Waals surface area contributed by atoms with Crippen molar-refractivity contribution in [2.24, 2.45) is 0 Å². The Balaban J connectivity index is 2.31. The van der Waals surface area contributed by atoms with Gasteiger partial charge in [0.05, 0.1) is 0 Å². The van der Waals surface area contributed by atoms with E-state index in [1.807, 2.05) is 0 Å². The smallest absolute Gasteiger partial charge is 0.168 e. The van der Waals surface area contributed by atoms with Crippen molar-refractivity contribution in [3.05, 3.63) is 47.0 Å². The lowest BCUT2D eigenvalue weighted by Crippen LogP contribution is -1.99. The molecule has 0 aliphatic carbocycles. The molecule has 94 valence electrons. The van der Waals surface area contributed by atoms with Crippen LogP contribution in [0.5, 0.6) is 0 Å². The maximum absolute atomic E-state index is 13.6. The average molecular weight is 287 g/mol. The third kappa shape index (κ3) is 2.91. The number of nitrogens with one attached hydrogen (secondary N) is 1. The first kappa shape index (κ1) is 13.1. The van der Waals surface area contributed by atoms with Crippen molar-refractivity contribution in [1.29, 1.82) is 0 Å². The number of anilines is 1. The number of nitrogens with zero attached hydrogens (tertiary/aromatic N) is 1. The van der Waals surface area contributed by atoms with Gasteiger partial charge in [-0.25, -0.2) is 13.8 Å². The van der Waals surface area contributed by atoms with Gasteiger partial charge in [0, 0.05) is 23.0 Å². The van der Waals surface area contributed by atoms with E-state index in [4.69, 9.17) is 11.6 Å². The zero-order chi connectivity index (χ0) is 13.1. The summed E-state index contributed by atoms with van der Waals surface area (Å²) in [6.45, 7) is 0. The molecular formula is C12H9ClF2N2S. The maximum atomic E-state index is 13.6. The van der Waals surface area contributed by atoms with Crippen LogP contribution in [0.2, 0.25) is 5.02 Å². The Hall–Kier alpha value is -1.33. The zero-order valence-corrected chi connectivity index (χ0v) is 10.9. The van der Waals surface area contributed by atoms with Gasteiger partial charge < -0.3 is 5.32 Å². The van der Waals surface area contributed by atoms with E-state index < -0.39 is 11.6 Å². The summed E-state index contributed by atoms with van der Waals surface area (Å²) in [5, 5.41) is 3.28. The normalized spacial score (nSPS) is 10.4. The van der Waals surface area contributed by atoms with Crippen molar-refractivity contribution < 1.29 is 8.78 Å². The Kier molecular flexibility index (Phi) is 4.04. The second-order valence-electron chi connectivity index (χ2n) is 3.41. The van der Waals surface area contributed by atoms with Gasteiger partial charge >= 0.3 is 0 Å². The molecule has 0 unspecified atom stereocenters. The molecule has 0 spiro atoms. The predicted octanol–water partition coefficient (Wildman–Crippen LogP) is 4.21. The minimum Gasteiger partial charge on any atom is -0.371 e. The monoisotopic (exact) mass is 286 g/mol. The third-order valence-electron chi connectivity index (χ3n) is 2.16. The number of pyridine rings is 1. The molecule has 0 fully saturated rings. The number of hydrogen-bond acceptors (Lipinski definition) is 3. The second-order valence-corrected chi connectivity index (χ2v) is 4.91. The minimum atomic E-state index is -0.713. The van der Waals surface area contributed by atoms with Gasteiger partial charge in [0.25, 0.3) is 0 Å². The summed E-state index contributed by atoms with van der Waals surface area (Å²) >= 11 is 6.87. The van der Waals surface area contributed by atoms with Crippen molar-refractivity contribution in [3.63, 3.8) is 0 Å². The minimum absolute atomic E-state index is 0.0212. The Morgan fingerprint density at radius 3 is 2.44 bits per heavy atom. The fourth-order valence-electron chi connectivity index (χ4n) is 1.31. The molecule has 18 heavy (non-hydrogen) atoms. The van der Waals surface area contributed by atoms with Gasteiger partial charge in [-0.2, -0.15) is 0 Å². The maximum Gasteiger partial charge on any atom is 0.168 e. The third-order valence-corrected chi connectivity index (χ3v) is 3.40. The van der Waals surface area contributed by atoms with E-state index in [1.165, 1.54) is 7.05 Å². The van der Waals surface area contributed by atoms with Crippen LogP contribution in [0.4, 0.5) is 14.6 Å². The van der Waals surface area contributed by atoms with Crippen molar-refractivity contribution in [2.75, 3.05) is 12.4 Å². The molecule has 1 aromatic carbocycles. The Morgan fingerprint density at radius 1 is 1.17 bits per heavy atom. The summed E-state index contributed by atoms with van der Waals surface area (Å²) < 4.78 is 26.8. The molecule has 0 radical (unpaired) electrons. The van der Waals surface area contributed by atoms with Gasteiger partial charge in [-0.05, 0) is 24.3 Å². The van der Waals surface area contributed by atoms with E-state index in [0.717, 1.165) is 22.7 Å². The van der Waals surface area contributed by atoms with Crippen molar-refractivity contribution >= 4 is 29.2 Å². The fourth-order valence-corrected chi connectivity index (χ4v) is 2.23. The summed E-state index contributed by atoms with van der Waals surface area (Å²) in [6.07, 6.45) is 0. The standard InChI is InChI=1S/C12H9ClF2N2S/c1-16-11-9(14)6-10(15)12(17-11)18-8-4-2-7(13)3-5-8/h2-6H,1H3,(H,16,17). The van der Waals surface area contributed by atoms with Gasteiger partial charge in [-0.15, -0.1) is 0 Å². The Bertz CT molecular complexity index is 561. The highest BCUT2D eigenvalue weighted by atomic mass is 35.5. The van der Waals surface area contributed by atoms with Crippen LogP contribution < -0.4 is 5.32 Å². The van der Waals surface area contributed by atoms with E-state index >= 15 is 0 Å². The lowest BCUT2D eigenvalue weighted by Gasteiger charge is -2.06. The molecule has 6 heteroatoms. The van der Waals surface area contributed by atoms with Crippen molar-refractivity contribution in [3.8, 4) is 0 Å². The van der Waals surface area contributed by atoms with Crippen LogP contribution in [0.1, 0.15) is 0 Å². The fraction of sp³-hybridized carbons (Fsp3) is 0.0833. The summed E-state index contributed by atoms with van der Waals surface area (Å²) in [6, 6.07) is 7.71. The number of hydrogen-bond donors (Lipinski definition) is 1. The molecule has 2 rings (SSSR count). The molecule has 0 saturated carbocycles. The highest BCUT2D eigenvalue weighted by Gasteiger charge is 2.12. The first-order valence-electron chi connectivity index (χ1n) is 5.07. The number of rotatable bonds is 3. The van der Waals surface area contributed by atoms with Crippen LogP contribution in [0.25, 0.3) is 0 Å². The van der Waals surface area contributed by atoms with E-state index in [-0.39, 0.29) is 10.8 Å². The van der Waals surface area contributed by atoms with Crippen LogP contribution in [-0.2, 0) is 0 Å². The van der Waals surface area contributed by atoms with Crippen LogP contribution in [0.3, 0.4) is 0 Å². The number of aromatic nitrogens is 1. The lowest BCUT2D eigenvalue weighted by molar-refractivity contribution is 0.552. The molecule has 1 N–H and O–H groups in total. The molecule has 0 atom stereocenters. The van der Waals surface area contributed by atoms with Crippen LogP contribution in [0.15, 0.2) is 40.3 Å². The molecule has 1 aromatic heterocycles. The molecule has 0 aliphatic rings. The van der Waals surface area contributed by atoms with E-state index in [9.17, 15) is 8.78 Å². The molecule has 0 amide bonds.